The summed E-state index contributed by atoms with van der Waals surface area (Å²) in [5.74, 6) is 2.23. The molecule has 6 heteroatoms. The van der Waals surface area contributed by atoms with Crippen molar-refractivity contribution in [2.24, 2.45) is 0 Å². The Bertz CT molecular complexity index is 794. The summed E-state index contributed by atoms with van der Waals surface area (Å²) in [6, 6.07) is 13.5. The predicted octanol–water partition coefficient (Wildman–Crippen LogP) is 3.10. The Labute approximate surface area is 173 Å². The van der Waals surface area contributed by atoms with E-state index < -0.39 is 0 Å². The first-order chi connectivity index (χ1) is 14.1. The van der Waals surface area contributed by atoms with E-state index >= 15 is 0 Å². The van der Waals surface area contributed by atoms with Crippen molar-refractivity contribution in [3.8, 4) is 17.2 Å². The molecule has 0 radical (unpaired) electrons. The summed E-state index contributed by atoms with van der Waals surface area (Å²) in [4.78, 5) is 17.2. The molecule has 1 amide bonds. The van der Waals surface area contributed by atoms with Gasteiger partial charge in [0, 0.05) is 37.8 Å². The quantitative estimate of drug-likeness (QED) is 0.684. The SMILES string of the molecule is COc1cc(OC)cc(C(=O)N2CCN(CCCc3ccccc3OC)CC2)c1. The minimum Gasteiger partial charge on any atom is -0.497 e. The van der Waals surface area contributed by atoms with Crippen molar-refractivity contribution in [2.45, 2.75) is 12.8 Å². The fourth-order valence-electron chi connectivity index (χ4n) is 3.69. The average molecular weight is 399 g/mol. The fraction of sp³-hybridized carbons (Fsp3) is 0.435. The van der Waals surface area contributed by atoms with E-state index in [1.165, 1.54) is 5.56 Å². The Morgan fingerprint density at radius 3 is 2.17 bits per heavy atom. The van der Waals surface area contributed by atoms with Gasteiger partial charge in [-0.25, -0.2) is 0 Å². The van der Waals surface area contributed by atoms with Crippen molar-refractivity contribution < 1.29 is 19.0 Å². The van der Waals surface area contributed by atoms with Crippen LogP contribution in [0.15, 0.2) is 42.5 Å². The first-order valence-electron chi connectivity index (χ1n) is 10.0. The molecule has 0 aromatic heterocycles. The lowest BCUT2D eigenvalue weighted by Crippen LogP contribution is -2.48. The van der Waals surface area contributed by atoms with Crippen LogP contribution in [0.5, 0.6) is 17.2 Å². The van der Waals surface area contributed by atoms with E-state index in [0.717, 1.165) is 51.3 Å². The van der Waals surface area contributed by atoms with Gasteiger partial charge in [0.25, 0.3) is 5.91 Å². The molecule has 0 spiro atoms. The van der Waals surface area contributed by atoms with Crippen LogP contribution in [0.25, 0.3) is 0 Å². The maximum atomic E-state index is 12.9. The van der Waals surface area contributed by atoms with E-state index in [-0.39, 0.29) is 5.91 Å². The summed E-state index contributed by atoms with van der Waals surface area (Å²) >= 11 is 0. The average Bonchev–Trinajstić information content (AvgIpc) is 2.79. The van der Waals surface area contributed by atoms with E-state index in [4.69, 9.17) is 14.2 Å². The summed E-state index contributed by atoms with van der Waals surface area (Å²) in [6.45, 7) is 4.25. The van der Waals surface area contributed by atoms with Crippen LogP contribution in [-0.2, 0) is 6.42 Å². The summed E-state index contributed by atoms with van der Waals surface area (Å²) in [6.07, 6.45) is 2.06. The van der Waals surface area contributed by atoms with E-state index in [9.17, 15) is 4.79 Å². The molecule has 6 nitrogen and oxygen atoms in total. The highest BCUT2D eigenvalue weighted by molar-refractivity contribution is 5.95. The van der Waals surface area contributed by atoms with Crippen LogP contribution in [0.3, 0.4) is 0 Å². The second kappa shape index (κ2) is 10.2. The smallest absolute Gasteiger partial charge is 0.254 e. The minimum atomic E-state index is 0.0240. The van der Waals surface area contributed by atoms with Gasteiger partial charge in [-0.2, -0.15) is 0 Å². The van der Waals surface area contributed by atoms with E-state index in [1.54, 1.807) is 39.5 Å². The lowest BCUT2D eigenvalue weighted by atomic mass is 10.1. The first-order valence-corrected chi connectivity index (χ1v) is 10.0. The van der Waals surface area contributed by atoms with E-state index in [0.29, 0.717) is 17.1 Å². The second-order valence-electron chi connectivity index (χ2n) is 7.15. The van der Waals surface area contributed by atoms with Crippen LogP contribution in [0.2, 0.25) is 0 Å². The van der Waals surface area contributed by atoms with Crippen LogP contribution >= 0.6 is 0 Å². The molecule has 3 rings (SSSR count). The number of ether oxygens (including phenoxy) is 3. The number of methoxy groups -OCH3 is 3. The third-order valence-corrected chi connectivity index (χ3v) is 5.37. The molecule has 29 heavy (non-hydrogen) atoms. The van der Waals surface area contributed by atoms with Crippen molar-refractivity contribution in [3.63, 3.8) is 0 Å². The predicted molar refractivity (Wildman–Crippen MR) is 113 cm³/mol. The monoisotopic (exact) mass is 398 g/mol. The molecule has 1 fully saturated rings. The van der Waals surface area contributed by atoms with Gasteiger partial charge in [-0.15, -0.1) is 0 Å². The number of nitrogens with zero attached hydrogens (tertiary/aromatic N) is 2. The zero-order valence-corrected chi connectivity index (χ0v) is 17.5. The van der Waals surface area contributed by atoms with Gasteiger partial charge < -0.3 is 19.1 Å². The summed E-state index contributed by atoms with van der Waals surface area (Å²) in [7, 11) is 4.90. The van der Waals surface area contributed by atoms with Crippen LogP contribution in [-0.4, -0.2) is 69.8 Å². The van der Waals surface area contributed by atoms with Gasteiger partial charge >= 0.3 is 0 Å². The molecule has 0 unspecified atom stereocenters. The Balaban J connectivity index is 1.49. The number of aryl methyl sites for hydroxylation is 1. The minimum absolute atomic E-state index is 0.0240. The second-order valence-corrected chi connectivity index (χ2v) is 7.15. The molecule has 0 aliphatic carbocycles. The van der Waals surface area contributed by atoms with Crippen molar-refractivity contribution in [3.05, 3.63) is 53.6 Å². The van der Waals surface area contributed by atoms with Gasteiger partial charge in [0.15, 0.2) is 0 Å². The molecule has 1 aliphatic rings. The largest absolute Gasteiger partial charge is 0.497 e. The van der Waals surface area contributed by atoms with E-state index in [1.807, 2.05) is 17.0 Å². The number of piperazine rings is 1. The van der Waals surface area contributed by atoms with Gasteiger partial charge in [-0.3, -0.25) is 9.69 Å². The highest BCUT2D eigenvalue weighted by atomic mass is 16.5. The lowest BCUT2D eigenvalue weighted by Gasteiger charge is -2.35. The third kappa shape index (κ3) is 5.41. The van der Waals surface area contributed by atoms with Gasteiger partial charge in [0.05, 0.1) is 21.3 Å². The van der Waals surface area contributed by atoms with Crippen LogP contribution in [0.1, 0.15) is 22.3 Å². The van der Waals surface area contributed by atoms with Crippen LogP contribution in [0.4, 0.5) is 0 Å². The number of hydrogen-bond acceptors (Lipinski definition) is 5. The maximum Gasteiger partial charge on any atom is 0.254 e. The third-order valence-electron chi connectivity index (χ3n) is 5.37. The topological polar surface area (TPSA) is 51.2 Å². The fourth-order valence-corrected chi connectivity index (χ4v) is 3.69. The Morgan fingerprint density at radius 1 is 0.897 bits per heavy atom. The number of carbonyl (C=O) groups excluding carboxylic acids is 1. The number of benzene rings is 2. The lowest BCUT2D eigenvalue weighted by molar-refractivity contribution is 0.0635. The van der Waals surface area contributed by atoms with E-state index in [2.05, 4.69) is 17.0 Å². The molecule has 0 bridgehead atoms. The molecule has 2 aromatic carbocycles. The van der Waals surface area contributed by atoms with Crippen molar-refractivity contribution in [1.29, 1.82) is 0 Å². The first kappa shape index (κ1) is 21.0. The van der Waals surface area contributed by atoms with Gasteiger partial charge in [-0.05, 0) is 43.1 Å². The number of hydrogen-bond donors (Lipinski definition) is 0. The number of amides is 1. The zero-order valence-electron chi connectivity index (χ0n) is 17.5. The van der Waals surface area contributed by atoms with Crippen LogP contribution in [0, 0.1) is 0 Å². The molecule has 1 saturated heterocycles. The molecule has 0 saturated carbocycles. The maximum absolute atomic E-state index is 12.9. The molecule has 1 heterocycles. The standard InChI is InChI=1S/C23H30N2O4/c1-27-20-15-19(16-21(17-20)28-2)23(26)25-13-11-24(12-14-25)10-6-8-18-7-4-5-9-22(18)29-3/h4-5,7,9,15-17H,6,8,10-14H2,1-3H3. The van der Waals surface area contributed by atoms with Crippen molar-refractivity contribution in [1.82, 2.24) is 9.80 Å². The molecular formula is C23H30N2O4. The number of carbonyl (C=O) groups is 1. The number of para-hydroxylation sites is 1. The van der Waals surface area contributed by atoms with Crippen LogP contribution < -0.4 is 14.2 Å². The van der Waals surface area contributed by atoms with Gasteiger partial charge in [0.1, 0.15) is 17.2 Å². The van der Waals surface area contributed by atoms with Gasteiger partial charge in [-0.1, -0.05) is 18.2 Å². The Kier molecular flexibility index (Phi) is 7.36. The van der Waals surface area contributed by atoms with Crippen molar-refractivity contribution >= 4 is 5.91 Å². The highest BCUT2D eigenvalue weighted by Crippen LogP contribution is 2.24. The molecular weight excluding hydrogens is 368 g/mol. The highest BCUT2D eigenvalue weighted by Gasteiger charge is 2.23. The normalized spacial score (nSPS) is 14.5. The van der Waals surface area contributed by atoms with Gasteiger partial charge in [0.2, 0.25) is 0 Å². The molecule has 0 N–H and O–H groups in total. The summed E-state index contributed by atoms with van der Waals surface area (Å²) < 4.78 is 16.0. The molecule has 1 aliphatic heterocycles. The Morgan fingerprint density at radius 2 is 1.55 bits per heavy atom. The summed E-state index contributed by atoms with van der Waals surface area (Å²) in [5, 5.41) is 0. The molecule has 0 atom stereocenters. The Hall–Kier alpha value is -2.73. The zero-order chi connectivity index (χ0) is 20.6. The molecule has 2 aromatic rings. The van der Waals surface area contributed by atoms with Crippen molar-refractivity contribution in [2.75, 3.05) is 54.1 Å². The number of rotatable bonds is 8. The molecule has 156 valence electrons. The summed E-state index contributed by atoms with van der Waals surface area (Å²) in [5.41, 5.74) is 1.85.